The van der Waals surface area contributed by atoms with Crippen molar-refractivity contribution < 1.29 is 9.13 Å². The summed E-state index contributed by atoms with van der Waals surface area (Å²) in [6.07, 6.45) is 3.61. The number of rotatable bonds is 4. The Kier molecular flexibility index (Phi) is 5.06. The molecule has 1 atom stereocenters. The van der Waals surface area contributed by atoms with Gasteiger partial charge in [-0.3, -0.25) is 9.88 Å². The van der Waals surface area contributed by atoms with Crippen LogP contribution in [0.1, 0.15) is 21.7 Å². The summed E-state index contributed by atoms with van der Waals surface area (Å²) in [5.74, 6) is -0.234. The molecule has 1 aromatic carbocycles. The lowest BCUT2D eigenvalue weighted by atomic mass is 10.1. The fourth-order valence-corrected chi connectivity index (χ4v) is 4.01. The Morgan fingerprint density at radius 3 is 2.81 bits per heavy atom. The van der Waals surface area contributed by atoms with Crippen LogP contribution in [0.2, 0.25) is 0 Å². The Labute approximate surface area is 156 Å². The molecule has 26 heavy (non-hydrogen) atoms. The molecule has 1 aliphatic heterocycles. The van der Waals surface area contributed by atoms with Crippen LogP contribution in [-0.2, 0) is 11.3 Å². The maximum absolute atomic E-state index is 13.9. The molecule has 1 aliphatic rings. The molecule has 1 saturated heterocycles. The Morgan fingerprint density at radius 1 is 1.19 bits per heavy atom. The van der Waals surface area contributed by atoms with Gasteiger partial charge < -0.3 is 4.74 Å². The van der Waals surface area contributed by atoms with Crippen LogP contribution < -0.4 is 0 Å². The van der Waals surface area contributed by atoms with Crippen LogP contribution in [0.4, 0.5) is 4.39 Å². The summed E-state index contributed by atoms with van der Waals surface area (Å²) in [5.41, 5.74) is 2.23. The molecular weight excluding hydrogens is 349 g/mol. The molecule has 0 aliphatic carbocycles. The lowest BCUT2D eigenvalue weighted by Gasteiger charge is -2.32. The minimum atomic E-state index is -0.234. The Morgan fingerprint density at radius 2 is 2.08 bits per heavy atom. The van der Waals surface area contributed by atoms with Crippen LogP contribution in [0.5, 0.6) is 0 Å². The van der Waals surface area contributed by atoms with Gasteiger partial charge in [-0.2, -0.15) is 0 Å². The van der Waals surface area contributed by atoms with Crippen LogP contribution >= 0.6 is 11.3 Å². The second kappa shape index (κ2) is 7.61. The number of thiazole rings is 1. The van der Waals surface area contributed by atoms with Gasteiger partial charge in [0.25, 0.3) is 0 Å². The van der Waals surface area contributed by atoms with Gasteiger partial charge in [0, 0.05) is 48.0 Å². The summed E-state index contributed by atoms with van der Waals surface area (Å²) in [6.45, 7) is 5.29. The maximum atomic E-state index is 13.9. The molecule has 3 aromatic rings. The van der Waals surface area contributed by atoms with E-state index in [0.29, 0.717) is 12.2 Å². The van der Waals surface area contributed by atoms with Crippen molar-refractivity contribution >= 4 is 11.3 Å². The van der Waals surface area contributed by atoms with Crippen molar-refractivity contribution in [3.05, 3.63) is 70.2 Å². The molecule has 0 unspecified atom stereocenters. The first-order chi connectivity index (χ1) is 12.7. The van der Waals surface area contributed by atoms with Gasteiger partial charge in [-0.1, -0.05) is 24.3 Å². The van der Waals surface area contributed by atoms with Gasteiger partial charge in [0.2, 0.25) is 0 Å². The Bertz CT molecular complexity index is 881. The number of benzene rings is 1. The van der Waals surface area contributed by atoms with Crippen LogP contribution in [0.25, 0.3) is 11.1 Å². The first kappa shape index (κ1) is 17.3. The molecule has 4 rings (SSSR count). The SMILES string of the molecule is Cc1ncc(CN2CCO[C@@H](c3ccc(-c4ccccc4F)cn3)C2)s1. The summed E-state index contributed by atoms with van der Waals surface area (Å²) in [5, 5.41) is 1.09. The fourth-order valence-electron chi connectivity index (χ4n) is 3.17. The van der Waals surface area contributed by atoms with Gasteiger partial charge in [-0.15, -0.1) is 11.3 Å². The summed E-state index contributed by atoms with van der Waals surface area (Å²) in [4.78, 5) is 12.5. The predicted molar refractivity (Wildman–Crippen MR) is 100 cm³/mol. The number of pyridine rings is 1. The van der Waals surface area contributed by atoms with Gasteiger partial charge in [-0.05, 0) is 19.1 Å². The highest BCUT2D eigenvalue weighted by Crippen LogP contribution is 2.26. The van der Waals surface area contributed by atoms with E-state index >= 15 is 0 Å². The highest BCUT2D eigenvalue weighted by Gasteiger charge is 2.23. The van der Waals surface area contributed by atoms with E-state index in [1.165, 1.54) is 10.9 Å². The number of halogens is 1. The van der Waals surface area contributed by atoms with E-state index in [0.717, 1.165) is 35.9 Å². The molecule has 3 heterocycles. The van der Waals surface area contributed by atoms with Crippen molar-refractivity contribution in [2.24, 2.45) is 0 Å². The molecule has 1 fully saturated rings. The molecular formula is C20H20FN3OS. The first-order valence-corrected chi connectivity index (χ1v) is 9.47. The van der Waals surface area contributed by atoms with Gasteiger partial charge in [-0.25, -0.2) is 9.37 Å². The number of aryl methyl sites for hydroxylation is 1. The average Bonchev–Trinajstić information content (AvgIpc) is 3.07. The number of ether oxygens (including phenoxy) is 1. The van der Waals surface area contributed by atoms with Crippen LogP contribution in [-0.4, -0.2) is 34.6 Å². The molecule has 6 heteroatoms. The molecule has 0 amide bonds. The van der Waals surface area contributed by atoms with Crippen molar-refractivity contribution in [3.63, 3.8) is 0 Å². The number of morpholine rings is 1. The van der Waals surface area contributed by atoms with E-state index in [4.69, 9.17) is 4.74 Å². The number of hydrogen-bond donors (Lipinski definition) is 0. The molecule has 0 spiro atoms. The monoisotopic (exact) mass is 369 g/mol. The van der Waals surface area contributed by atoms with Crippen molar-refractivity contribution in [1.82, 2.24) is 14.9 Å². The van der Waals surface area contributed by atoms with E-state index < -0.39 is 0 Å². The zero-order valence-corrected chi connectivity index (χ0v) is 15.4. The van der Waals surface area contributed by atoms with E-state index in [1.807, 2.05) is 31.3 Å². The minimum absolute atomic E-state index is 0.0626. The molecule has 0 bridgehead atoms. The van der Waals surface area contributed by atoms with Crippen LogP contribution in [0, 0.1) is 12.7 Å². The third-order valence-electron chi connectivity index (χ3n) is 4.50. The highest BCUT2D eigenvalue weighted by molar-refractivity contribution is 7.11. The van der Waals surface area contributed by atoms with Gasteiger partial charge >= 0.3 is 0 Å². The number of hydrogen-bond acceptors (Lipinski definition) is 5. The topological polar surface area (TPSA) is 38.2 Å². The lowest BCUT2D eigenvalue weighted by molar-refractivity contribution is -0.0346. The minimum Gasteiger partial charge on any atom is -0.369 e. The largest absolute Gasteiger partial charge is 0.369 e. The van der Waals surface area contributed by atoms with E-state index in [2.05, 4.69) is 14.9 Å². The van der Waals surface area contributed by atoms with E-state index in [1.54, 1.807) is 29.7 Å². The number of aromatic nitrogens is 2. The summed E-state index contributed by atoms with van der Waals surface area (Å²) in [6, 6.07) is 10.6. The predicted octanol–water partition coefficient (Wildman–Crippen LogP) is 4.23. The van der Waals surface area contributed by atoms with Gasteiger partial charge in [0.1, 0.15) is 11.9 Å². The number of nitrogens with zero attached hydrogens (tertiary/aromatic N) is 3. The van der Waals surface area contributed by atoms with Gasteiger partial charge in [0.15, 0.2) is 0 Å². The summed E-state index contributed by atoms with van der Waals surface area (Å²) < 4.78 is 19.8. The molecule has 2 aromatic heterocycles. The molecule has 4 nitrogen and oxygen atoms in total. The first-order valence-electron chi connectivity index (χ1n) is 8.65. The standard InChI is InChI=1S/C20H20FN3OS/c1-14-22-11-16(26-14)12-24-8-9-25-20(13-24)19-7-6-15(10-23-19)17-4-2-3-5-18(17)21/h2-7,10-11,20H,8-9,12-13H2,1H3/t20-/m1/s1. The quantitative estimate of drug-likeness (QED) is 0.690. The Hall–Kier alpha value is -2.15. The second-order valence-corrected chi connectivity index (χ2v) is 7.71. The zero-order valence-electron chi connectivity index (χ0n) is 14.6. The fraction of sp³-hybridized carbons (Fsp3) is 0.300. The molecule has 0 radical (unpaired) electrons. The average molecular weight is 369 g/mol. The van der Waals surface area contributed by atoms with Crippen molar-refractivity contribution in [1.29, 1.82) is 0 Å². The van der Waals surface area contributed by atoms with Crippen molar-refractivity contribution in [2.75, 3.05) is 19.7 Å². The van der Waals surface area contributed by atoms with Crippen molar-refractivity contribution in [2.45, 2.75) is 19.6 Å². The third kappa shape index (κ3) is 3.82. The summed E-state index contributed by atoms with van der Waals surface area (Å²) >= 11 is 1.73. The molecule has 134 valence electrons. The summed E-state index contributed by atoms with van der Waals surface area (Å²) in [7, 11) is 0. The van der Waals surface area contributed by atoms with E-state index in [9.17, 15) is 4.39 Å². The van der Waals surface area contributed by atoms with Crippen molar-refractivity contribution in [3.8, 4) is 11.1 Å². The molecule has 0 saturated carbocycles. The van der Waals surface area contributed by atoms with Crippen LogP contribution in [0.15, 0.2) is 48.8 Å². The maximum Gasteiger partial charge on any atom is 0.131 e. The second-order valence-electron chi connectivity index (χ2n) is 6.39. The highest BCUT2D eigenvalue weighted by atomic mass is 32.1. The Balaban J connectivity index is 1.46. The third-order valence-corrected chi connectivity index (χ3v) is 5.40. The lowest BCUT2D eigenvalue weighted by Crippen LogP contribution is -2.37. The van der Waals surface area contributed by atoms with E-state index in [-0.39, 0.29) is 11.9 Å². The van der Waals surface area contributed by atoms with Gasteiger partial charge in [0.05, 0.1) is 17.3 Å². The molecule has 0 N–H and O–H groups in total. The smallest absolute Gasteiger partial charge is 0.131 e. The zero-order chi connectivity index (χ0) is 17.9. The normalized spacial score (nSPS) is 18.2. The van der Waals surface area contributed by atoms with Crippen LogP contribution in [0.3, 0.4) is 0 Å².